The standard InChI is InChI=1S/C17H30N2/c1-14(2)12-18-11-10-16-8-6-7-9-17(16)13-19(5)15(3)4/h6-9,14-15,18H,10-13H2,1-5H3. The summed E-state index contributed by atoms with van der Waals surface area (Å²) in [6.07, 6.45) is 1.12. The first-order valence-electron chi connectivity index (χ1n) is 7.48. The Morgan fingerprint density at radius 1 is 1.05 bits per heavy atom. The zero-order valence-corrected chi connectivity index (χ0v) is 13.2. The maximum Gasteiger partial charge on any atom is 0.0236 e. The van der Waals surface area contributed by atoms with Crippen molar-refractivity contribution in [3.8, 4) is 0 Å². The van der Waals surface area contributed by atoms with Crippen LogP contribution in [0.25, 0.3) is 0 Å². The lowest BCUT2D eigenvalue weighted by atomic mass is 10.0. The van der Waals surface area contributed by atoms with Crippen LogP contribution >= 0.6 is 0 Å². The largest absolute Gasteiger partial charge is 0.316 e. The summed E-state index contributed by atoms with van der Waals surface area (Å²) in [5.74, 6) is 0.724. The molecule has 0 heterocycles. The van der Waals surface area contributed by atoms with Gasteiger partial charge in [0, 0.05) is 12.6 Å². The van der Waals surface area contributed by atoms with Crippen molar-refractivity contribution in [2.75, 3.05) is 20.1 Å². The molecule has 0 saturated carbocycles. The van der Waals surface area contributed by atoms with E-state index in [-0.39, 0.29) is 0 Å². The van der Waals surface area contributed by atoms with Crippen molar-refractivity contribution in [3.05, 3.63) is 35.4 Å². The lowest BCUT2D eigenvalue weighted by Crippen LogP contribution is -2.27. The number of rotatable bonds is 8. The fourth-order valence-electron chi connectivity index (χ4n) is 2.02. The predicted molar refractivity (Wildman–Crippen MR) is 84.5 cm³/mol. The van der Waals surface area contributed by atoms with Gasteiger partial charge in [-0.3, -0.25) is 4.90 Å². The molecule has 0 saturated heterocycles. The van der Waals surface area contributed by atoms with Crippen molar-refractivity contribution in [2.24, 2.45) is 5.92 Å². The second-order valence-corrected chi connectivity index (χ2v) is 6.13. The number of hydrogen-bond acceptors (Lipinski definition) is 2. The first-order valence-corrected chi connectivity index (χ1v) is 7.48. The van der Waals surface area contributed by atoms with Gasteiger partial charge in [0.05, 0.1) is 0 Å². The van der Waals surface area contributed by atoms with Gasteiger partial charge >= 0.3 is 0 Å². The van der Waals surface area contributed by atoms with Crippen molar-refractivity contribution in [2.45, 2.75) is 46.7 Å². The molecule has 0 fully saturated rings. The third-order valence-electron chi connectivity index (χ3n) is 3.54. The molecule has 19 heavy (non-hydrogen) atoms. The van der Waals surface area contributed by atoms with E-state index in [1.165, 1.54) is 11.1 Å². The van der Waals surface area contributed by atoms with Crippen LogP contribution in [0.2, 0.25) is 0 Å². The molecule has 0 radical (unpaired) electrons. The maximum absolute atomic E-state index is 3.52. The number of nitrogens with one attached hydrogen (secondary N) is 1. The molecule has 0 aliphatic rings. The monoisotopic (exact) mass is 262 g/mol. The van der Waals surface area contributed by atoms with Gasteiger partial charge < -0.3 is 5.32 Å². The van der Waals surface area contributed by atoms with Crippen LogP contribution in [0.1, 0.15) is 38.8 Å². The summed E-state index contributed by atoms with van der Waals surface area (Å²) < 4.78 is 0. The van der Waals surface area contributed by atoms with Gasteiger partial charge in [-0.2, -0.15) is 0 Å². The average molecular weight is 262 g/mol. The molecule has 108 valence electrons. The summed E-state index contributed by atoms with van der Waals surface area (Å²) in [4.78, 5) is 2.39. The van der Waals surface area contributed by atoms with Crippen LogP contribution in [-0.2, 0) is 13.0 Å². The fourth-order valence-corrected chi connectivity index (χ4v) is 2.02. The van der Waals surface area contributed by atoms with Crippen molar-refractivity contribution in [1.82, 2.24) is 10.2 Å². The van der Waals surface area contributed by atoms with Crippen molar-refractivity contribution in [3.63, 3.8) is 0 Å². The van der Waals surface area contributed by atoms with E-state index in [0.29, 0.717) is 6.04 Å². The second kappa shape index (κ2) is 8.34. The lowest BCUT2D eigenvalue weighted by molar-refractivity contribution is 0.265. The zero-order valence-electron chi connectivity index (χ0n) is 13.2. The molecule has 0 amide bonds. The molecular formula is C17H30N2. The molecule has 1 aromatic rings. The number of hydrogen-bond donors (Lipinski definition) is 1. The van der Waals surface area contributed by atoms with Crippen LogP contribution in [0.4, 0.5) is 0 Å². The summed E-state index contributed by atoms with van der Waals surface area (Å²) in [6, 6.07) is 9.41. The third kappa shape index (κ3) is 6.22. The van der Waals surface area contributed by atoms with Crippen LogP contribution < -0.4 is 5.32 Å². The Bertz CT molecular complexity index is 358. The summed E-state index contributed by atoms with van der Waals surface area (Å²) in [5.41, 5.74) is 2.94. The molecule has 1 rings (SSSR count). The van der Waals surface area contributed by atoms with E-state index in [9.17, 15) is 0 Å². The second-order valence-electron chi connectivity index (χ2n) is 6.13. The Labute approximate surface area is 119 Å². The van der Waals surface area contributed by atoms with E-state index >= 15 is 0 Å². The first kappa shape index (κ1) is 16.2. The highest BCUT2D eigenvalue weighted by Gasteiger charge is 2.07. The summed E-state index contributed by atoms with van der Waals surface area (Å²) >= 11 is 0. The molecule has 2 nitrogen and oxygen atoms in total. The van der Waals surface area contributed by atoms with Crippen LogP contribution in [0, 0.1) is 5.92 Å². The van der Waals surface area contributed by atoms with Crippen LogP contribution in [-0.4, -0.2) is 31.1 Å². The predicted octanol–water partition coefficient (Wildman–Crippen LogP) is 3.31. The lowest BCUT2D eigenvalue weighted by Gasteiger charge is -2.22. The van der Waals surface area contributed by atoms with Crippen LogP contribution in [0.15, 0.2) is 24.3 Å². The van der Waals surface area contributed by atoms with Gasteiger partial charge in [-0.15, -0.1) is 0 Å². The van der Waals surface area contributed by atoms with Gasteiger partial charge in [-0.25, -0.2) is 0 Å². The molecule has 1 aromatic carbocycles. The Kier molecular flexibility index (Phi) is 7.11. The van der Waals surface area contributed by atoms with Crippen LogP contribution in [0.5, 0.6) is 0 Å². The SMILES string of the molecule is CC(C)CNCCc1ccccc1CN(C)C(C)C. The third-order valence-corrected chi connectivity index (χ3v) is 3.54. The van der Waals surface area contributed by atoms with E-state index in [1.807, 2.05) is 0 Å². The highest BCUT2D eigenvalue weighted by Crippen LogP contribution is 2.13. The first-order chi connectivity index (χ1) is 9.00. The topological polar surface area (TPSA) is 15.3 Å². The summed E-state index contributed by atoms with van der Waals surface area (Å²) in [7, 11) is 2.19. The maximum atomic E-state index is 3.52. The summed E-state index contributed by atoms with van der Waals surface area (Å²) in [5, 5.41) is 3.52. The fraction of sp³-hybridized carbons (Fsp3) is 0.647. The van der Waals surface area contributed by atoms with Crippen LogP contribution in [0.3, 0.4) is 0 Å². The molecule has 1 N–H and O–H groups in total. The highest BCUT2D eigenvalue weighted by molar-refractivity contribution is 5.27. The van der Waals surface area contributed by atoms with Crippen molar-refractivity contribution in [1.29, 1.82) is 0 Å². The molecule has 2 heteroatoms. The average Bonchev–Trinajstić information content (AvgIpc) is 2.36. The van der Waals surface area contributed by atoms with E-state index in [1.54, 1.807) is 0 Å². The van der Waals surface area contributed by atoms with Gasteiger partial charge in [0.25, 0.3) is 0 Å². The van der Waals surface area contributed by atoms with Crippen molar-refractivity contribution < 1.29 is 0 Å². The highest BCUT2D eigenvalue weighted by atomic mass is 15.1. The Balaban J connectivity index is 2.53. The minimum atomic E-state index is 0.590. The van der Waals surface area contributed by atoms with E-state index in [0.717, 1.165) is 32.0 Å². The molecule has 0 aliphatic heterocycles. The molecular weight excluding hydrogens is 232 g/mol. The van der Waals surface area contributed by atoms with E-state index in [2.05, 4.69) is 69.2 Å². The minimum absolute atomic E-state index is 0.590. The smallest absolute Gasteiger partial charge is 0.0236 e. The Morgan fingerprint density at radius 3 is 2.26 bits per heavy atom. The molecule has 0 bridgehead atoms. The van der Waals surface area contributed by atoms with Gasteiger partial charge in [0.2, 0.25) is 0 Å². The molecule has 0 aromatic heterocycles. The Hall–Kier alpha value is -0.860. The van der Waals surface area contributed by atoms with E-state index in [4.69, 9.17) is 0 Å². The van der Waals surface area contributed by atoms with Crippen molar-refractivity contribution >= 4 is 0 Å². The zero-order chi connectivity index (χ0) is 14.3. The number of nitrogens with zero attached hydrogens (tertiary/aromatic N) is 1. The van der Waals surface area contributed by atoms with Gasteiger partial charge in [-0.1, -0.05) is 38.1 Å². The molecule has 0 aliphatic carbocycles. The van der Waals surface area contributed by atoms with Gasteiger partial charge in [-0.05, 0) is 57.5 Å². The van der Waals surface area contributed by atoms with Gasteiger partial charge in [0.1, 0.15) is 0 Å². The van der Waals surface area contributed by atoms with Gasteiger partial charge in [0.15, 0.2) is 0 Å². The molecule has 0 unspecified atom stereocenters. The summed E-state index contributed by atoms with van der Waals surface area (Å²) in [6.45, 7) is 12.2. The molecule has 0 spiro atoms. The van der Waals surface area contributed by atoms with E-state index < -0.39 is 0 Å². The Morgan fingerprint density at radius 2 is 1.68 bits per heavy atom. The molecule has 0 atom stereocenters. The quantitative estimate of drug-likeness (QED) is 0.723. The normalized spacial score (nSPS) is 11.8. The minimum Gasteiger partial charge on any atom is -0.316 e. The number of benzene rings is 1.